The lowest BCUT2D eigenvalue weighted by Gasteiger charge is -2.24. The Balaban J connectivity index is 1.77. The second-order valence-electron chi connectivity index (χ2n) is 7.03. The lowest BCUT2D eigenvalue weighted by molar-refractivity contribution is -0.119. The summed E-state index contributed by atoms with van der Waals surface area (Å²) in [6, 6.07) is 18.7. The predicted molar refractivity (Wildman–Crippen MR) is 120 cm³/mol. The highest BCUT2D eigenvalue weighted by Crippen LogP contribution is 2.26. The lowest BCUT2D eigenvalue weighted by Crippen LogP contribution is -2.41. The van der Waals surface area contributed by atoms with Gasteiger partial charge >= 0.3 is 0 Å². The molecule has 0 unspecified atom stereocenters. The van der Waals surface area contributed by atoms with Gasteiger partial charge in [-0.25, -0.2) is 12.8 Å². The molecule has 0 aromatic heterocycles. The number of benzene rings is 3. The Bertz CT molecular complexity index is 1150. The second-order valence-corrected chi connectivity index (χ2v) is 9.33. The van der Waals surface area contributed by atoms with Gasteiger partial charge in [0, 0.05) is 11.6 Å². The van der Waals surface area contributed by atoms with Gasteiger partial charge in [-0.2, -0.15) is 0 Å². The van der Waals surface area contributed by atoms with Gasteiger partial charge in [0.25, 0.3) is 10.0 Å². The van der Waals surface area contributed by atoms with Crippen LogP contribution in [0.25, 0.3) is 0 Å². The molecule has 0 saturated carbocycles. The monoisotopic (exact) mass is 460 g/mol. The largest absolute Gasteiger partial charge is 0.354 e. The van der Waals surface area contributed by atoms with Crippen LogP contribution in [0.5, 0.6) is 0 Å². The highest BCUT2D eigenvalue weighted by atomic mass is 35.5. The van der Waals surface area contributed by atoms with E-state index in [-0.39, 0.29) is 10.7 Å². The topological polar surface area (TPSA) is 66.5 Å². The highest BCUT2D eigenvalue weighted by Gasteiger charge is 2.27. The third-order valence-electron chi connectivity index (χ3n) is 4.64. The molecule has 31 heavy (non-hydrogen) atoms. The maximum Gasteiger partial charge on any atom is 0.264 e. The Morgan fingerprint density at radius 3 is 2.35 bits per heavy atom. The fourth-order valence-corrected chi connectivity index (χ4v) is 4.56. The Morgan fingerprint density at radius 1 is 1.03 bits per heavy atom. The number of nitrogens with zero attached hydrogens (tertiary/aromatic N) is 1. The summed E-state index contributed by atoms with van der Waals surface area (Å²) in [5.74, 6) is -0.788. The summed E-state index contributed by atoms with van der Waals surface area (Å²) >= 11 is 6.06. The fraction of sp³-hybridized carbons (Fsp3) is 0.174. The number of hydrogen-bond acceptors (Lipinski definition) is 3. The second kappa shape index (κ2) is 9.94. The number of anilines is 1. The molecular formula is C23H22ClFN2O3S. The molecule has 1 N–H and O–H groups in total. The van der Waals surface area contributed by atoms with Gasteiger partial charge in [0.2, 0.25) is 5.91 Å². The van der Waals surface area contributed by atoms with Crippen molar-refractivity contribution in [1.29, 1.82) is 0 Å². The van der Waals surface area contributed by atoms with E-state index < -0.39 is 22.5 Å². The maximum absolute atomic E-state index is 13.3. The molecule has 3 aromatic carbocycles. The summed E-state index contributed by atoms with van der Waals surface area (Å²) in [6.45, 7) is 1.75. The summed E-state index contributed by atoms with van der Waals surface area (Å²) in [7, 11) is -3.99. The van der Waals surface area contributed by atoms with Crippen molar-refractivity contribution in [2.24, 2.45) is 0 Å². The van der Waals surface area contributed by atoms with Crippen molar-refractivity contribution in [2.75, 3.05) is 17.4 Å². The van der Waals surface area contributed by atoms with Gasteiger partial charge in [-0.1, -0.05) is 47.5 Å². The van der Waals surface area contributed by atoms with Crippen LogP contribution in [0.3, 0.4) is 0 Å². The number of nitrogens with one attached hydrogen (secondary N) is 1. The van der Waals surface area contributed by atoms with Gasteiger partial charge in [0.15, 0.2) is 0 Å². The molecule has 0 radical (unpaired) electrons. The molecule has 162 valence electrons. The number of carbonyl (C=O) groups excluding carboxylic acids is 1. The zero-order chi connectivity index (χ0) is 22.4. The number of rotatable bonds is 8. The normalized spacial score (nSPS) is 11.2. The average molecular weight is 461 g/mol. The number of sulfonamides is 1. The molecule has 0 atom stereocenters. The SMILES string of the molecule is Cc1ccc(S(=O)(=O)N(CC(=O)NCCc2ccc(F)cc2)c2cccc(Cl)c2)cc1. The van der Waals surface area contributed by atoms with E-state index in [1.54, 1.807) is 42.5 Å². The van der Waals surface area contributed by atoms with Crippen molar-refractivity contribution in [3.8, 4) is 0 Å². The molecule has 0 heterocycles. The number of carbonyl (C=O) groups is 1. The third-order valence-corrected chi connectivity index (χ3v) is 6.66. The predicted octanol–water partition coefficient (Wildman–Crippen LogP) is 4.34. The summed E-state index contributed by atoms with van der Waals surface area (Å²) in [4.78, 5) is 12.7. The van der Waals surface area contributed by atoms with Crippen molar-refractivity contribution in [3.05, 3.63) is 94.8 Å². The molecule has 0 bridgehead atoms. The van der Waals surface area contributed by atoms with Crippen LogP contribution >= 0.6 is 11.6 Å². The first-order valence-electron chi connectivity index (χ1n) is 9.62. The quantitative estimate of drug-likeness (QED) is 0.543. The van der Waals surface area contributed by atoms with Crippen LogP contribution in [-0.2, 0) is 21.2 Å². The van der Waals surface area contributed by atoms with Crippen LogP contribution in [0.15, 0.2) is 77.7 Å². The van der Waals surface area contributed by atoms with Gasteiger partial charge in [0.1, 0.15) is 12.4 Å². The van der Waals surface area contributed by atoms with Crippen LogP contribution in [-0.4, -0.2) is 27.4 Å². The third kappa shape index (κ3) is 6.06. The molecular weight excluding hydrogens is 439 g/mol. The van der Waals surface area contributed by atoms with Gasteiger partial charge < -0.3 is 5.32 Å². The number of aryl methyl sites for hydroxylation is 1. The average Bonchev–Trinajstić information content (AvgIpc) is 2.73. The molecule has 3 aromatic rings. The van der Waals surface area contributed by atoms with E-state index >= 15 is 0 Å². The number of amides is 1. The zero-order valence-corrected chi connectivity index (χ0v) is 18.5. The standard InChI is InChI=1S/C23H22ClFN2O3S/c1-17-5-11-22(12-6-17)31(29,30)27(21-4-2-3-19(24)15-21)16-23(28)26-14-13-18-7-9-20(25)10-8-18/h2-12,15H,13-14,16H2,1H3,(H,26,28). The molecule has 0 fully saturated rings. The van der Waals surface area contributed by atoms with Crippen LogP contribution in [0, 0.1) is 12.7 Å². The van der Waals surface area contributed by atoms with Gasteiger partial charge in [0.05, 0.1) is 10.6 Å². The van der Waals surface area contributed by atoms with Gasteiger partial charge in [-0.3, -0.25) is 9.10 Å². The van der Waals surface area contributed by atoms with E-state index in [2.05, 4.69) is 5.32 Å². The van der Waals surface area contributed by atoms with Crippen LogP contribution in [0.4, 0.5) is 10.1 Å². The molecule has 0 aliphatic carbocycles. The Hall–Kier alpha value is -2.90. The molecule has 5 nitrogen and oxygen atoms in total. The van der Waals surface area contributed by atoms with E-state index in [1.165, 1.54) is 30.3 Å². The Morgan fingerprint density at radius 2 is 1.71 bits per heavy atom. The fourth-order valence-electron chi connectivity index (χ4n) is 2.97. The molecule has 8 heteroatoms. The van der Waals surface area contributed by atoms with Crippen molar-refractivity contribution < 1.29 is 17.6 Å². The number of halogens is 2. The van der Waals surface area contributed by atoms with E-state index in [4.69, 9.17) is 11.6 Å². The summed E-state index contributed by atoms with van der Waals surface area (Å²) in [6.07, 6.45) is 0.494. The van der Waals surface area contributed by atoms with Crippen molar-refractivity contribution in [3.63, 3.8) is 0 Å². The summed E-state index contributed by atoms with van der Waals surface area (Å²) in [5, 5.41) is 3.08. The minimum atomic E-state index is -3.99. The Labute approximate surface area is 186 Å². The molecule has 0 aliphatic rings. The summed E-state index contributed by atoms with van der Waals surface area (Å²) in [5.41, 5.74) is 2.08. The Kier molecular flexibility index (Phi) is 7.30. The first-order valence-corrected chi connectivity index (χ1v) is 11.4. The van der Waals surface area contributed by atoms with Gasteiger partial charge in [-0.05, 0) is 61.4 Å². The molecule has 3 rings (SSSR count). The van der Waals surface area contributed by atoms with E-state index in [0.717, 1.165) is 15.4 Å². The van der Waals surface area contributed by atoms with Crippen LogP contribution < -0.4 is 9.62 Å². The van der Waals surface area contributed by atoms with Crippen molar-refractivity contribution >= 4 is 33.2 Å². The zero-order valence-electron chi connectivity index (χ0n) is 16.9. The van der Waals surface area contributed by atoms with Crippen LogP contribution in [0.2, 0.25) is 5.02 Å². The van der Waals surface area contributed by atoms with Gasteiger partial charge in [-0.15, -0.1) is 0 Å². The van der Waals surface area contributed by atoms with Crippen molar-refractivity contribution in [1.82, 2.24) is 5.32 Å². The van der Waals surface area contributed by atoms with E-state index in [0.29, 0.717) is 23.7 Å². The lowest BCUT2D eigenvalue weighted by atomic mass is 10.1. The van der Waals surface area contributed by atoms with E-state index in [9.17, 15) is 17.6 Å². The maximum atomic E-state index is 13.3. The molecule has 0 aliphatic heterocycles. The summed E-state index contributed by atoms with van der Waals surface area (Å²) < 4.78 is 40.6. The minimum absolute atomic E-state index is 0.0807. The van der Waals surface area contributed by atoms with Crippen molar-refractivity contribution in [2.45, 2.75) is 18.2 Å². The molecule has 0 saturated heterocycles. The highest BCUT2D eigenvalue weighted by molar-refractivity contribution is 7.92. The van der Waals surface area contributed by atoms with Crippen LogP contribution in [0.1, 0.15) is 11.1 Å². The molecule has 1 amide bonds. The first-order chi connectivity index (χ1) is 14.8. The smallest absolute Gasteiger partial charge is 0.264 e. The van der Waals surface area contributed by atoms with E-state index in [1.807, 2.05) is 6.92 Å². The molecule has 0 spiro atoms. The first kappa shape index (κ1) is 22.8. The number of hydrogen-bond donors (Lipinski definition) is 1. The minimum Gasteiger partial charge on any atom is -0.354 e.